The molecule has 0 unspecified atom stereocenters. The lowest BCUT2D eigenvalue weighted by atomic mass is 9.87. The lowest BCUT2D eigenvalue weighted by molar-refractivity contribution is -0.127. The van der Waals surface area contributed by atoms with Crippen LogP contribution in [0.4, 0.5) is 10.5 Å². The van der Waals surface area contributed by atoms with Crippen molar-refractivity contribution in [2.45, 2.75) is 45.1 Å². The van der Waals surface area contributed by atoms with Crippen molar-refractivity contribution in [2.24, 2.45) is 0 Å². The largest absolute Gasteiger partial charge is 0.372 e. The smallest absolute Gasteiger partial charge is 0.321 e. The summed E-state index contributed by atoms with van der Waals surface area (Å²) in [5, 5.41) is 5.92. The second-order valence-electron chi connectivity index (χ2n) is 6.94. The van der Waals surface area contributed by atoms with E-state index in [1.165, 1.54) is 0 Å². The van der Waals surface area contributed by atoms with Gasteiger partial charge in [0, 0.05) is 25.3 Å². The number of amides is 3. The predicted octanol–water partition coefficient (Wildman–Crippen LogP) is 2.46. The molecule has 2 heterocycles. The van der Waals surface area contributed by atoms with E-state index in [0.29, 0.717) is 45.5 Å². The summed E-state index contributed by atoms with van der Waals surface area (Å²) < 4.78 is 5.96. The van der Waals surface area contributed by atoms with Crippen LogP contribution in [0, 0.1) is 6.92 Å². The number of benzene rings is 1. The molecule has 2 fully saturated rings. The molecule has 2 aliphatic rings. The van der Waals surface area contributed by atoms with Crippen molar-refractivity contribution in [3.63, 3.8) is 0 Å². The van der Waals surface area contributed by atoms with Crippen molar-refractivity contribution in [1.29, 1.82) is 0 Å². The summed E-state index contributed by atoms with van der Waals surface area (Å²) in [6, 6.07) is 6.00. The van der Waals surface area contributed by atoms with Gasteiger partial charge in [0.25, 0.3) is 0 Å². The average molecular weight is 345 g/mol. The van der Waals surface area contributed by atoms with E-state index in [9.17, 15) is 9.59 Å². The molecule has 3 rings (SSSR count). The van der Waals surface area contributed by atoms with Crippen LogP contribution in [-0.2, 0) is 16.0 Å². The number of piperidine rings is 1. The molecule has 136 valence electrons. The minimum Gasteiger partial charge on any atom is -0.372 e. The van der Waals surface area contributed by atoms with E-state index in [0.717, 1.165) is 23.2 Å². The van der Waals surface area contributed by atoms with Crippen LogP contribution in [0.5, 0.6) is 0 Å². The number of likely N-dealkylation sites (tertiary alicyclic amines) is 1. The Balaban J connectivity index is 1.63. The van der Waals surface area contributed by atoms with Gasteiger partial charge in [-0.25, -0.2) is 4.79 Å². The number of carbonyl (C=O) groups is 2. The number of para-hydroxylation sites is 1. The molecular weight excluding hydrogens is 318 g/mol. The van der Waals surface area contributed by atoms with Gasteiger partial charge in [-0.15, -0.1) is 0 Å². The fourth-order valence-electron chi connectivity index (χ4n) is 3.69. The third-order valence-corrected chi connectivity index (χ3v) is 5.25. The van der Waals surface area contributed by atoms with E-state index in [1.807, 2.05) is 30.0 Å². The van der Waals surface area contributed by atoms with E-state index in [1.54, 1.807) is 0 Å². The van der Waals surface area contributed by atoms with Crippen LogP contribution in [0.1, 0.15) is 37.3 Å². The Labute approximate surface area is 148 Å². The summed E-state index contributed by atoms with van der Waals surface area (Å²) >= 11 is 0. The molecule has 1 aromatic carbocycles. The van der Waals surface area contributed by atoms with Crippen LogP contribution in [0.2, 0.25) is 0 Å². The minimum atomic E-state index is -0.408. The molecule has 6 nitrogen and oxygen atoms in total. The molecule has 25 heavy (non-hydrogen) atoms. The second kappa shape index (κ2) is 7.44. The fraction of sp³-hybridized carbons (Fsp3) is 0.579. The van der Waals surface area contributed by atoms with Crippen LogP contribution in [0.25, 0.3) is 0 Å². The van der Waals surface area contributed by atoms with E-state index in [-0.39, 0.29) is 11.9 Å². The zero-order valence-corrected chi connectivity index (χ0v) is 15.1. The number of carbonyl (C=O) groups excluding carboxylic acids is 2. The second-order valence-corrected chi connectivity index (χ2v) is 6.94. The number of hydrogen-bond donors (Lipinski definition) is 2. The predicted molar refractivity (Wildman–Crippen MR) is 96.7 cm³/mol. The first-order valence-electron chi connectivity index (χ1n) is 9.08. The number of urea groups is 1. The third-order valence-electron chi connectivity index (χ3n) is 5.25. The Kier molecular flexibility index (Phi) is 5.27. The topological polar surface area (TPSA) is 70.7 Å². The lowest BCUT2D eigenvalue weighted by Gasteiger charge is -2.40. The maximum absolute atomic E-state index is 12.7. The Morgan fingerprint density at radius 3 is 2.84 bits per heavy atom. The number of ether oxygens (including phenoxy) is 1. The highest BCUT2D eigenvalue weighted by molar-refractivity contribution is 5.91. The van der Waals surface area contributed by atoms with Gasteiger partial charge in [-0.05, 0) is 37.3 Å². The van der Waals surface area contributed by atoms with Crippen molar-refractivity contribution >= 4 is 17.6 Å². The Morgan fingerprint density at radius 2 is 2.12 bits per heavy atom. The number of rotatable bonds is 2. The van der Waals surface area contributed by atoms with E-state index < -0.39 is 5.60 Å². The molecular formula is C19H27N3O3. The van der Waals surface area contributed by atoms with Gasteiger partial charge >= 0.3 is 6.03 Å². The van der Waals surface area contributed by atoms with Crippen LogP contribution >= 0.6 is 0 Å². The van der Waals surface area contributed by atoms with Crippen LogP contribution < -0.4 is 10.6 Å². The van der Waals surface area contributed by atoms with Gasteiger partial charge in [0.2, 0.25) is 5.91 Å². The highest BCUT2D eigenvalue weighted by Gasteiger charge is 2.39. The SMILES string of the molecule is CCc1cccc(C)c1NC(=O)N1CCC2(CC1)CC(=O)NCCO2. The summed E-state index contributed by atoms with van der Waals surface area (Å²) in [6.45, 7) is 6.42. The fourth-order valence-corrected chi connectivity index (χ4v) is 3.69. The molecule has 0 radical (unpaired) electrons. The highest BCUT2D eigenvalue weighted by Crippen LogP contribution is 2.31. The van der Waals surface area contributed by atoms with Crippen molar-refractivity contribution in [2.75, 3.05) is 31.6 Å². The number of aryl methyl sites for hydroxylation is 2. The standard InChI is InChI=1S/C19H27N3O3/c1-3-15-6-4-5-14(2)17(15)21-18(24)22-10-7-19(8-11-22)13-16(23)20-9-12-25-19/h4-6H,3,7-13H2,1-2H3,(H,20,23)(H,21,24). The Morgan fingerprint density at radius 1 is 1.36 bits per heavy atom. The quantitative estimate of drug-likeness (QED) is 0.865. The number of nitrogens with zero attached hydrogens (tertiary/aromatic N) is 1. The zero-order chi connectivity index (χ0) is 17.9. The number of hydrogen-bond acceptors (Lipinski definition) is 3. The first-order valence-corrected chi connectivity index (χ1v) is 9.08. The van der Waals surface area contributed by atoms with Crippen molar-refractivity contribution in [1.82, 2.24) is 10.2 Å². The normalized spacial score (nSPS) is 20.1. The summed E-state index contributed by atoms with van der Waals surface area (Å²) in [7, 11) is 0. The summed E-state index contributed by atoms with van der Waals surface area (Å²) in [6.07, 6.45) is 2.66. The molecule has 2 saturated heterocycles. The van der Waals surface area contributed by atoms with E-state index in [4.69, 9.17) is 4.74 Å². The summed E-state index contributed by atoms with van der Waals surface area (Å²) in [5.74, 6) is 0.0444. The summed E-state index contributed by atoms with van der Waals surface area (Å²) in [4.78, 5) is 26.3. The van der Waals surface area contributed by atoms with Crippen LogP contribution in [0.15, 0.2) is 18.2 Å². The molecule has 0 atom stereocenters. The molecule has 6 heteroatoms. The highest BCUT2D eigenvalue weighted by atomic mass is 16.5. The first-order chi connectivity index (χ1) is 12.0. The lowest BCUT2D eigenvalue weighted by Crippen LogP contribution is -2.50. The maximum atomic E-state index is 12.7. The Bertz CT molecular complexity index is 651. The minimum absolute atomic E-state index is 0.0444. The molecule has 0 saturated carbocycles. The molecule has 2 aliphatic heterocycles. The van der Waals surface area contributed by atoms with Crippen molar-refractivity contribution < 1.29 is 14.3 Å². The zero-order valence-electron chi connectivity index (χ0n) is 15.1. The summed E-state index contributed by atoms with van der Waals surface area (Å²) in [5.41, 5.74) is 2.73. The monoisotopic (exact) mass is 345 g/mol. The van der Waals surface area contributed by atoms with E-state index in [2.05, 4.69) is 17.6 Å². The van der Waals surface area contributed by atoms with Crippen molar-refractivity contribution in [3.8, 4) is 0 Å². The van der Waals surface area contributed by atoms with Gasteiger partial charge in [-0.1, -0.05) is 25.1 Å². The molecule has 3 amide bonds. The molecule has 0 aromatic heterocycles. The van der Waals surface area contributed by atoms with E-state index >= 15 is 0 Å². The van der Waals surface area contributed by atoms with Crippen LogP contribution in [0.3, 0.4) is 0 Å². The van der Waals surface area contributed by atoms with Gasteiger partial charge in [0.1, 0.15) is 0 Å². The van der Waals surface area contributed by atoms with Crippen LogP contribution in [-0.4, -0.2) is 48.7 Å². The average Bonchev–Trinajstić information content (AvgIpc) is 2.78. The van der Waals surface area contributed by atoms with Gasteiger partial charge in [-0.3, -0.25) is 4.79 Å². The van der Waals surface area contributed by atoms with Gasteiger partial charge in [0.15, 0.2) is 0 Å². The van der Waals surface area contributed by atoms with Crippen molar-refractivity contribution in [3.05, 3.63) is 29.3 Å². The maximum Gasteiger partial charge on any atom is 0.321 e. The van der Waals surface area contributed by atoms with Gasteiger partial charge in [0.05, 0.1) is 18.6 Å². The third kappa shape index (κ3) is 3.95. The molecule has 2 N–H and O–H groups in total. The molecule has 0 bridgehead atoms. The molecule has 0 aliphatic carbocycles. The molecule has 1 aromatic rings. The Hall–Kier alpha value is -2.08. The molecule has 1 spiro atoms. The van der Waals surface area contributed by atoms with Gasteiger partial charge < -0.3 is 20.3 Å². The number of nitrogens with one attached hydrogen (secondary N) is 2. The number of anilines is 1. The first kappa shape index (κ1) is 17.7. The van der Waals surface area contributed by atoms with Gasteiger partial charge in [-0.2, -0.15) is 0 Å².